The summed E-state index contributed by atoms with van der Waals surface area (Å²) >= 11 is 1.37. The lowest BCUT2D eigenvalue weighted by Crippen LogP contribution is -2.00. The minimum Gasteiger partial charge on any atom is -0.423 e. The minimum atomic E-state index is -0.398. The molecule has 0 fully saturated rings. The molecule has 0 aliphatic heterocycles. The number of hydrogen-bond acceptors (Lipinski definition) is 5. The maximum atomic E-state index is 14.0. The van der Waals surface area contributed by atoms with Crippen LogP contribution in [0, 0.1) is 5.82 Å². The van der Waals surface area contributed by atoms with Gasteiger partial charge in [-0.25, -0.2) is 14.2 Å². The van der Waals surface area contributed by atoms with Gasteiger partial charge in [-0.3, -0.25) is 5.10 Å². The Morgan fingerprint density at radius 3 is 2.76 bits per heavy atom. The van der Waals surface area contributed by atoms with Crippen molar-refractivity contribution in [3.63, 3.8) is 0 Å². The Bertz CT molecular complexity index is 1410. The van der Waals surface area contributed by atoms with E-state index in [1.54, 1.807) is 18.2 Å². The van der Waals surface area contributed by atoms with Gasteiger partial charge in [0.15, 0.2) is 5.82 Å². The highest BCUT2D eigenvalue weighted by Gasteiger charge is 2.13. The number of H-pyrrole nitrogens is 1. The van der Waals surface area contributed by atoms with Crippen LogP contribution in [0.4, 0.5) is 4.39 Å². The summed E-state index contributed by atoms with van der Waals surface area (Å²) in [6.07, 6.45) is 0. The first kappa shape index (κ1) is 17.6. The molecule has 2 heterocycles. The first-order chi connectivity index (χ1) is 14.2. The molecule has 0 saturated carbocycles. The number of thioether (sulfide) groups is 1. The van der Waals surface area contributed by atoms with E-state index >= 15 is 0 Å². The third-order valence-corrected chi connectivity index (χ3v) is 5.56. The van der Waals surface area contributed by atoms with Gasteiger partial charge in [0, 0.05) is 17.2 Å². The molecule has 142 valence electrons. The minimum absolute atomic E-state index is 0.363. The van der Waals surface area contributed by atoms with Crippen LogP contribution in [-0.2, 0) is 5.75 Å². The lowest BCUT2D eigenvalue weighted by molar-refractivity contribution is 0.560. The Kier molecular flexibility index (Phi) is 4.37. The van der Waals surface area contributed by atoms with Crippen molar-refractivity contribution in [2.75, 3.05) is 0 Å². The van der Waals surface area contributed by atoms with E-state index in [-0.39, 0.29) is 5.82 Å². The van der Waals surface area contributed by atoms with Crippen LogP contribution < -0.4 is 5.63 Å². The van der Waals surface area contributed by atoms with Crippen molar-refractivity contribution < 1.29 is 8.81 Å². The molecule has 29 heavy (non-hydrogen) atoms. The van der Waals surface area contributed by atoms with Crippen LogP contribution in [0.5, 0.6) is 0 Å². The van der Waals surface area contributed by atoms with Gasteiger partial charge in [0.1, 0.15) is 11.4 Å². The van der Waals surface area contributed by atoms with Gasteiger partial charge >= 0.3 is 5.63 Å². The van der Waals surface area contributed by atoms with E-state index in [0.717, 1.165) is 21.7 Å². The summed E-state index contributed by atoms with van der Waals surface area (Å²) < 4.78 is 19.4. The van der Waals surface area contributed by atoms with Crippen molar-refractivity contribution in [3.8, 4) is 11.4 Å². The molecular formula is C22H14FN3O2S. The summed E-state index contributed by atoms with van der Waals surface area (Å²) in [6, 6.07) is 19.6. The summed E-state index contributed by atoms with van der Waals surface area (Å²) in [5.74, 6) is 0.483. The highest BCUT2D eigenvalue weighted by molar-refractivity contribution is 7.98. The van der Waals surface area contributed by atoms with Crippen molar-refractivity contribution in [1.29, 1.82) is 0 Å². The molecule has 7 heteroatoms. The first-order valence-corrected chi connectivity index (χ1v) is 9.92. The topological polar surface area (TPSA) is 71.8 Å². The average molecular weight is 403 g/mol. The van der Waals surface area contributed by atoms with E-state index in [0.29, 0.717) is 27.9 Å². The molecule has 0 spiro atoms. The molecule has 0 amide bonds. The van der Waals surface area contributed by atoms with Crippen LogP contribution in [0.25, 0.3) is 33.1 Å². The fraction of sp³-hybridized carbons (Fsp3) is 0.0455. The molecule has 0 bridgehead atoms. The number of aromatic amines is 1. The third-order valence-electron chi connectivity index (χ3n) is 4.67. The fourth-order valence-corrected chi connectivity index (χ4v) is 4.14. The summed E-state index contributed by atoms with van der Waals surface area (Å²) in [6.45, 7) is 0. The molecule has 2 aromatic heterocycles. The van der Waals surface area contributed by atoms with Crippen LogP contribution in [0.15, 0.2) is 81.1 Å². The van der Waals surface area contributed by atoms with E-state index < -0.39 is 5.63 Å². The summed E-state index contributed by atoms with van der Waals surface area (Å²) in [5, 5.41) is 10.4. The zero-order valence-electron chi connectivity index (χ0n) is 15.1. The zero-order valence-corrected chi connectivity index (χ0v) is 15.9. The average Bonchev–Trinajstić information content (AvgIpc) is 3.20. The van der Waals surface area contributed by atoms with Crippen LogP contribution in [0.3, 0.4) is 0 Å². The van der Waals surface area contributed by atoms with Gasteiger partial charge in [0.25, 0.3) is 0 Å². The van der Waals surface area contributed by atoms with Gasteiger partial charge in [-0.15, -0.1) is 5.10 Å². The number of nitrogens with one attached hydrogen (secondary N) is 1. The monoisotopic (exact) mass is 403 g/mol. The third kappa shape index (κ3) is 3.30. The molecule has 1 N–H and O–H groups in total. The van der Waals surface area contributed by atoms with Gasteiger partial charge in [-0.1, -0.05) is 54.2 Å². The SMILES string of the molecule is O=c1cc(CSc2n[nH]c(-c3ccccc3F)n2)c2c(ccc3ccccc32)o1. The normalized spacial score (nSPS) is 11.3. The number of rotatable bonds is 4. The van der Waals surface area contributed by atoms with E-state index in [1.807, 2.05) is 36.4 Å². The number of nitrogens with zero attached hydrogens (tertiary/aromatic N) is 2. The van der Waals surface area contributed by atoms with E-state index in [1.165, 1.54) is 23.9 Å². The Morgan fingerprint density at radius 1 is 1.03 bits per heavy atom. The molecule has 0 radical (unpaired) electrons. The van der Waals surface area contributed by atoms with Crippen LogP contribution >= 0.6 is 11.8 Å². The van der Waals surface area contributed by atoms with Crippen LogP contribution in [-0.4, -0.2) is 15.2 Å². The lowest BCUT2D eigenvalue weighted by atomic mass is 10.0. The van der Waals surface area contributed by atoms with Crippen LogP contribution in [0.2, 0.25) is 0 Å². The van der Waals surface area contributed by atoms with Gasteiger partial charge < -0.3 is 4.42 Å². The smallest absolute Gasteiger partial charge is 0.336 e. The number of halogens is 1. The van der Waals surface area contributed by atoms with Crippen molar-refractivity contribution in [2.45, 2.75) is 10.9 Å². The highest BCUT2D eigenvalue weighted by atomic mass is 32.2. The summed E-state index contributed by atoms with van der Waals surface area (Å²) in [4.78, 5) is 16.4. The summed E-state index contributed by atoms with van der Waals surface area (Å²) in [5.41, 5.74) is 1.36. The molecule has 5 nitrogen and oxygen atoms in total. The number of hydrogen-bond donors (Lipinski definition) is 1. The van der Waals surface area contributed by atoms with Crippen molar-refractivity contribution >= 4 is 33.5 Å². The van der Waals surface area contributed by atoms with Gasteiger partial charge in [-0.05, 0) is 34.5 Å². The van der Waals surface area contributed by atoms with E-state index in [4.69, 9.17) is 4.42 Å². The van der Waals surface area contributed by atoms with Crippen molar-refractivity contribution in [3.05, 3.63) is 88.5 Å². The Hall–Kier alpha value is -3.45. The lowest BCUT2D eigenvalue weighted by Gasteiger charge is -2.07. The fourth-order valence-electron chi connectivity index (χ4n) is 3.36. The molecule has 5 aromatic rings. The van der Waals surface area contributed by atoms with Gasteiger partial charge in [-0.2, -0.15) is 0 Å². The van der Waals surface area contributed by atoms with Crippen LogP contribution in [0.1, 0.15) is 5.56 Å². The highest BCUT2D eigenvalue weighted by Crippen LogP contribution is 2.31. The predicted octanol–water partition coefficient (Wildman–Crippen LogP) is 5.16. The Balaban J connectivity index is 1.51. The zero-order chi connectivity index (χ0) is 19.8. The maximum Gasteiger partial charge on any atom is 0.336 e. The quantitative estimate of drug-likeness (QED) is 0.255. The largest absolute Gasteiger partial charge is 0.423 e. The van der Waals surface area contributed by atoms with Gasteiger partial charge in [0.2, 0.25) is 5.16 Å². The van der Waals surface area contributed by atoms with Crippen molar-refractivity contribution in [2.24, 2.45) is 0 Å². The molecule has 0 atom stereocenters. The second kappa shape index (κ2) is 7.18. The molecule has 0 aliphatic carbocycles. The van der Waals surface area contributed by atoms with E-state index in [9.17, 15) is 9.18 Å². The first-order valence-electron chi connectivity index (χ1n) is 8.93. The summed E-state index contributed by atoms with van der Waals surface area (Å²) in [7, 11) is 0. The Labute approximate surface area is 168 Å². The van der Waals surface area contributed by atoms with Crippen molar-refractivity contribution in [1.82, 2.24) is 15.2 Å². The maximum absolute atomic E-state index is 14.0. The molecule has 3 aromatic carbocycles. The predicted molar refractivity (Wildman–Crippen MR) is 111 cm³/mol. The second-order valence-electron chi connectivity index (χ2n) is 6.49. The number of benzene rings is 3. The molecular weight excluding hydrogens is 389 g/mol. The Morgan fingerprint density at radius 2 is 1.86 bits per heavy atom. The second-order valence-corrected chi connectivity index (χ2v) is 7.43. The van der Waals surface area contributed by atoms with E-state index in [2.05, 4.69) is 15.2 Å². The molecule has 5 rings (SSSR count). The molecule has 0 aliphatic rings. The molecule has 0 saturated heterocycles. The molecule has 0 unspecified atom stereocenters. The standard InChI is InChI=1S/C22H14FN3O2S/c23-17-8-4-3-7-16(17)21-24-22(26-25-21)29-12-14-11-19(27)28-18-10-9-13-5-1-2-6-15(13)20(14)18/h1-11H,12H2,(H,24,25,26). The number of fused-ring (bicyclic) bond motifs is 3. The van der Waals surface area contributed by atoms with Gasteiger partial charge in [0.05, 0.1) is 5.56 Å². The number of aromatic nitrogens is 3.